The highest BCUT2D eigenvalue weighted by Crippen LogP contribution is 2.40. The van der Waals surface area contributed by atoms with Crippen molar-refractivity contribution in [3.63, 3.8) is 0 Å². The van der Waals surface area contributed by atoms with E-state index < -0.39 is 10.0 Å². The second-order valence-corrected chi connectivity index (χ2v) is 6.16. The van der Waals surface area contributed by atoms with E-state index in [9.17, 15) is 8.42 Å². The summed E-state index contributed by atoms with van der Waals surface area (Å²) in [5.74, 6) is 1.19. The van der Waals surface area contributed by atoms with Crippen LogP contribution in [0.25, 0.3) is 10.1 Å². The summed E-state index contributed by atoms with van der Waals surface area (Å²) in [5.41, 5.74) is 0. The minimum atomic E-state index is -3.71. The lowest BCUT2D eigenvalue weighted by Gasteiger charge is -2.04. The molecule has 0 bridgehead atoms. The summed E-state index contributed by atoms with van der Waals surface area (Å²) in [6, 6.07) is 4.95. The summed E-state index contributed by atoms with van der Waals surface area (Å²) in [6.07, 6.45) is 0. The normalized spacial score (nSPS) is 11.7. The van der Waals surface area contributed by atoms with Gasteiger partial charge < -0.3 is 9.47 Å². The fourth-order valence-electron chi connectivity index (χ4n) is 1.53. The molecule has 0 saturated heterocycles. The third-order valence-corrected chi connectivity index (χ3v) is 4.87. The number of ether oxygens (including phenoxy) is 2. The first kappa shape index (κ1) is 12.2. The average molecular weight is 273 g/mol. The zero-order chi connectivity index (χ0) is 12.6. The Labute approximate surface area is 103 Å². The molecule has 0 radical (unpaired) electrons. The summed E-state index contributed by atoms with van der Waals surface area (Å²) in [4.78, 5) is 0. The van der Waals surface area contributed by atoms with Crippen molar-refractivity contribution >= 4 is 31.4 Å². The largest absolute Gasteiger partial charge is 0.496 e. The second-order valence-electron chi connectivity index (χ2n) is 3.32. The molecule has 92 valence electrons. The lowest BCUT2D eigenvalue weighted by Crippen LogP contribution is -2.09. The molecule has 7 heteroatoms. The van der Waals surface area contributed by atoms with Gasteiger partial charge in [-0.05, 0) is 18.2 Å². The van der Waals surface area contributed by atoms with Crippen molar-refractivity contribution in [1.82, 2.24) is 0 Å². The first-order valence-corrected chi connectivity index (χ1v) is 7.01. The van der Waals surface area contributed by atoms with E-state index in [1.165, 1.54) is 20.3 Å². The predicted octanol–water partition coefficient (Wildman–Crippen LogP) is 1.57. The number of benzene rings is 1. The van der Waals surface area contributed by atoms with Gasteiger partial charge in [-0.15, -0.1) is 11.3 Å². The van der Waals surface area contributed by atoms with E-state index in [1.807, 2.05) is 0 Å². The molecule has 1 aromatic carbocycles. The molecule has 0 atom stereocenters. The van der Waals surface area contributed by atoms with Crippen LogP contribution in [-0.4, -0.2) is 22.6 Å². The van der Waals surface area contributed by atoms with Gasteiger partial charge in [-0.25, -0.2) is 13.6 Å². The lowest BCUT2D eigenvalue weighted by atomic mass is 10.2. The molecule has 2 N–H and O–H groups in total. The monoisotopic (exact) mass is 273 g/mol. The molecule has 2 rings (SSSR count). The van der Waals surface area contributed by atoms with E-state index in [4.69, 9.17) is 14.6 Å². The fraction of sp³-hybridized carbons (Fsp3) is 0.200. The fourth-order valence-corrected chi connectivity index (χ4v) is 3.43. The number of sulfonamides is 1. The van der Waals surface area contributed by atoms with Crippen molar-refractivity contribution in [1.29, 1.82) is 0 Å². The van der Waals surface area contributed by atoms with Crippen LogP contribution in [0.15, 0.2) is 22.4 Å². The smallest absolute Gasteiger partial charge is 0.247 e. The van der Waals surface area contributed by atoms with Gasteiger partial charge in [-0.1, -0.05) is 0 Å². The molecule has 0 aliphatic heterocycles. The van der Waals surface area contributed by atoms with Crippen LogP contribution in [0.2, 0.25) is 0 Å². The average Bonchev–Trinajstić information content (AvgIpc) is 2.72. The van der Waals surface area contributed by atoms with Crippen LogP contribution in [0.4, 0.5) is 0 Å². The summed E-state index contributed by atoms with van der Waals surface area (Å²) in [7, 11) is -0.658. The molecule has 0 aliphatic carbocycles. The Morgan fingerprint density at radius 2 is 1.76 bits per heavy atom. The lowest BCUT2D eigenvalue weighted by molar-refractivity contribution is 0.411. The molecule has 2 aromatic rings. The summed E-state index contributed by atoms with van der Waals surface area (Å²) in [6.45, 7) is 0. The highest BCUT2D eigenvalue weighted by Gasteiger charge is 2.17. The molecule has 17 heavy (non-hydrogen) atoms. The maximum absolute atomic E-state index is 11.3. The molecular weight excluding hydrogens is 262 g/mol. The van der Waals surface area contributed by atoms with Gasteiger partial charge in [0, 0.05) is 5.39 Å². The number of fused-ring (bicyclic) bond motifs is 1. The molecule has 0 spiro atoms. The number of nitrogens with two attached hydrogens (primary N) is 1. The van der Waals surface area contributed by atoms with Crippen LogP contribution in [0, 0.1) is 0 Å². The zero-order valence-corrected chi connectivity index (χ0v) is 10.9. The molecule has 0 saturated carbocycles. The molecule has 1 heterocycles. The summed E-state index contributed by atoms with van der Waals surface area (Å²) < 4.78 is 33.8. The Hall–Kier alpha value is -1.31. The van der Waals surface area contributed by atoms with Gasteiger partial charge >= 0.3 is 0 Å². The predicted molar refractivity (Wildman–Crippen MR) is 66.3 cm³/mol. The van der Waals surface area contributed by atoms with Gasteiger partial charge in [0.05, 0.1) is 18.9 Å². The Kier molecular flexibility index (Phi) is 2.98. The van der Waals surface area contributed by atoms with E-state index in [-0.39, 0.29) is 4.21 Å². The van der Waals surface area contributed by atoms with E-state index in [2.05, 4.69) is 0 Å². The first-order valence-electron chi connectivity index (χ1n) is 4.64. The van der Waals surface area contributed by atoms with Crippen molar-refractivity contribution in [3.05, 3.63) is 18.2 Å². The Bertz CT molecular complexity index is 619. The second kappa shape index (κ2) is 4.17. The van der Waals surface area contributed by atoms with Gasteiger partial charge in [0.2, 0.25) is 10.0 Å². The van der Waals surface area contributed by atoms with E-state index in [0.717, 1.165) is 11.3 Å². The first-order chi connectivity index (χ1) is 7.97. The van der Waals surface area contributed by atoms with Crippen molar-refractivity contribution in [3.8, 4) is 11.5 Å². The SMILES string of the molecule is COc1ccc(OC)c2sc(S(N)(=O)=O)cc12. The highest BCUT2D eigenvalue weighted by atomic mass is 32.2. The maximum Gasteiger partial charge on any atom is 0.247 e. The topological polar surface area (TPSA) is 78.6 Å². The van der Waals surface area contributed by atoms with Crippen molar-refractivity contribution in [2.24, 2.45) is 5.14 Å². The molecule has 5 nitrogen and oxygen atoms in total. The van der Waals surface area contributed by atoms with Crippen molar-refractivity contribution in [2.75, 3.05) is 14.2 Å². The van der Waals surface area contributed by atoms with Gasteiger partial charge in [0.15, 0.2) is 0 Å². The third kappa shape index (κ3) is 2.08. The highest BCUT2D eigenvalue weighted by molar-refractivity contribution is 7.91. The molecule has 0 fully saturated rings. The Morgan fingerprint density at radius 1 is 1.18 bits per heavy atom. The van der Waals surface area contributed by atoms with Crippen LogP contribution in [0.5, 0.6) is 11.5 Å². The molecule has 0 unspecified atom stereocenters. The number of thiophene rings is 1. The Morgan fingerprint density at radius 3 is 2.29 bits per heavy atom. The number of primary sulfonamides is 1. The molecule has 1 aromatic heterocycles. The summed E-state index contributed by atoms with van der Waals surface area (Å²) >= 11 is 1.07. The minimum Gasteiger partial charge on any atom is -0.496 e. The number of hydrogen-bond donors (Lipinski definition) is 1. The van der Waals surface area contributed by atoms with Crippen LogP contribution in [0.3, 0.4) is 0 Å². The standard InChI is InChI=1S/C10H11NO4S2/c1-14-7-3-4-8(15-2)10-6(7)5-9(16-10)17(11,12)13/h3-5H,1-2H3,(H2,11,12,13). The van der Waals surface area contributed by atoms with Crippen molar-refractivity contribution in [2.45, 2.75) is 4.21 Å². The van der Waals surface area contributed by atoms with E-state index in [0.29, 0.717) is 21.6 Å². The quantitative estimate of drug-likeness (QED) is 0.920. The summed E-state index contributed by atoms with van der Waals surface area (Å²) in [5, 5.41) is 5.79. The van der Waals surface area contributed by atoms with E-state index >= 15 is 0 Å². The van der Waals surface area contributed by atoms with Gasteiger partial charge in [-0.3, -0.25) is 0 Å². The number of hydrogen-bond acceptors (Lipinski definition) is 5. The number of methoxy groups -OCH3 is 2. The van der Waals surface area contributed by atoms with Crippen LogP contribution in [0.1, 0.15) is 0 Å². The van der Waals surface area contributed by atoms with Gasteiger partial charge in [0.1, 0.15) is 15.7 Å². The molecule has 0 aliphatic rings. The zero-order valence-electron chi connectivity index (χ0n) is 9.26. The molecule has 0 amide bonds. The molecular formula is C10H11NO4S2. The van der Waals surface area contributed by atoms with E-state index in [1.54, 1.807) is 12.1 Å². The van der Waals surface area contributed by atoms with Crippen LogP contribution < -0.4 is 14.6 Å². The van der Waals surface area contributed by atoms with Crippen LogP contribution >= 0.6 is 11.3 Å². The van der Waals surface area contributed by atoms with Gasteiger partial charge in [0.25, 0.3) is 0 Å². The Balaban J connectivity index is 2.81. The third-order valence-electron chi connectivity index (χ3n) is 2.31. The number of rotatable bonds is 3. The van der Waals surface area contributed by atoms with Gasteiger partial charge in [-0.2, -0.15) is 0 Å². The van der Waals surface area contributed by atoms with Crippen LogP contribution in [-0.2, 0) is 10.0 Å². The maximum atomic E-state index is 11.3. The van der Waals surface area contributed by atoms with Crippen molar-refractivity contribution < 1.29 is 17.9 Å². The minimum absolute atomic E-state index is 0.0929.